The molecule has 2 heterocycles. The Morgan fingerprint density at radius 3 is 2.34 bits per heavy atom. The minimum atomic E-state index is -1.71. The summed E-state index contributed by atoms with van der Waals surface area (Å²) in [5, 5.41) is 108. The van der Waals surface area contributed by atoms with Crippen LogP contribution in [-0.2, 0) is 14.2 Å². The van der Waals surface area contributed by atoms with E-state index in [1.807, 2.05) is 0 Å². The Kier molecular flexibility index (Phi) is 12.5. The SMILES string of the molecule is NC[C@H](O)C(O)N[C@@H]1C[C@H](N)C([C@H]2O[C@H](CNCC(O)CO)[C@@H](O)[C@H](O)[C@H]2O)[C@H](O)[C@H]1O[C@H]1OCC(O)=C(N)[C@H]1O. The zero-order valence-electron chi connectivity index (χ0n) is 22.3. The molecule has 0 bridgehead atoms. The zero-order valence-corrected chi connectivity index (χ0v) is 22.3. The van der Waals surface area contributed by atoms with Crippen LogP contribution in [0.25, 0.3) is 0 Å². The predicted molar refractivity (Wildman–Crippen MR) is 137 cm³/mol. The number of nitrogens with one attached hydrogen (secondary N) is 2. The number of nitrogens with two attached hydrogens (primary N) is 3. The molecule has 18 N–H and O–H groups in total. The topological polar surface area (TPSA) is 332 Å². The summed E-state index contributed by atoms with van der Waals surface area (Å²) in [6.45, 7) is -1.39. The van der Waals surface area contributed by atoms with Crippen LogP contribution in [0.15, 0.2) is 11.5 Å². The Morgan fingerprint density at radius 2 is 1.71 bits per heavy atom. The van der Waals surface area contributed by atoms with E-state index in [0.717, 1.165) is 0 Å². The molecule has 2 fully saturated rings. The number of aliphatic hydroxyl groups excluding tert-OH is 10. The minimum absolute atomic E-state index is 0.0586. The maximum Gasteiger partial charge on any atom is 0.190 e. The molecule has 2 aliphatic heterocycles. The summed E-state index contributed by atoms with van der Waals surface area (Å²) in [6, 6.07) is -1.96. The van der Waals surface area contributed by atoms with E-state index in [1.54, 1.807) is 0 Å². The molecule has 41 heavy (non-hydrogen) atoms. The van der Waals surface area contributed by atoms with Crippen molar-refractivity contribution in [1.29, 1.82) is 0 Å². The third-order valence-corrected chi connectivity index (χ3v) is 7.79. The molecular formula is C23H45N5O13. The van der Waals surface area contributed by atoms with Crippen molar-refractivity contribution < 1.29 is 65.3 Å². The van der Waals surface area contributed by atoms with Gasteiger partial charge in [0.1, 0.15) is 55.2 Å². The smallest absolute Gasteiger partial charge is 0.190 e. The first-order chi connectivity index (χ1) is 19.3. The maximum atomic E-state index is 11.5. The summed E-state index contributed by atoms with van der Waals surface area (Å²) >= 11 is 0. The average Bonchev–Trinajstić information content (AvgIpc) is 2.94. The second kappa shape index (κ2) is 14.9. The lowest BCUT2D eigenvalue weighted by atomic mass is 9.72. The molecule has 18 heteroatoms. The van der Waals surface area contributed by atoms with Gasteiger partial charge in [-0.1, -0.05) is 0 Å². The molecule has 1 saturated carbocycles. The summed E-state index contributed by atoms with van der Waals surface area (Å²) < 4.78 is 17.1. The second-order valence-corrected chi connectivity index (χ2v) is 10.7. The van der Waals surface area contributed by atoms with Crippen LogP contribution in [0.4, 0.5) is 0 Å². The fraction of sp³-hybridized carbons (Fsp3) is 0.913. The average molecular weight is 600 g/mol. The van der Waals surface area contributed by atoms with Crippen molar-refractivity contribution in [1.82, 2.24) is 10.6 Å². The molecule has 0 radical (unpaired) electrons. The molecule has 240 valence electrons. The van der Waals surface area contributed by atoms with Crippen LogP contribution >= 0.6 is 0 Å². The molecule has 0 aromatic heterocycles. The Labute approximate surface area is 235 Å². The van der Waals surface area contributed by atoms with Crippen molar-refractivity contribution in [2.45, 2.75) is 92.1 Å². The highest BCUT2D eigenvalue weighted by atomic mass is 16.7. The van der Waals surface area contributed by atoms with Gasteiger partial charge in [0.15, 0.2) is 6.29 Å². The minimum Gasteiger partial charge on any atom is -0.508 e. The molecular weight excluding hydrogens is 554 g/mol. The summed E-state index contributed by atoms with van der Waals surface area (Å²) in [6.07, 6.45) is -17.7. The van der Waals surface area contributed by atoms with Crippen LogP contribution in [0.3, 0.4) is 0 Å². The first kappa shape index (κ1) is 34.2. The van der Waals surface area contributed by atoms with Gasteiger partial charge in [-0.05, 0) is 6.42 Å². The van der Waals surface area contributed by atoms with E-state index >= 15 is 0 Å². The number of hydrogen-bond acceptors (Lipinski definition) is 18. The van der Waals surface area contributed by atoms with E-state index in [4.69, 9.17) is 36.5 Å². The predicted octanol–water partition coefficient (Wildman–Crippen LogP) is -8.09. The molecule has 3 rings (SSSR count). The molecule has 3 unspecified atom stereocenters. The molecule has 0 aromatic carbocycles. The summed E-state index contributed by atoms with van der Waals surface area (Å²) in [5.74, 6) is -1.56. The molecule has 3 aliphatic rings. The van der Waals surface area contributed by atoms with Crippen molar-refractivity contribution in [2.24, 2.45) is 23.1 Å². The molecule has 1 saturated heterocycles. The van der Waals surface area contributed by atoms with E-state index < -0.39 is 111 Å². The fourth-order valence-corrected chi connectivity index (χ4v) is 5.37. The number of ether oxygens (including phenoxy) is 3. The third-order valence-electron chi connectivity index (χ3n) is 7.79. The van der Waals surface area contributed by atoms with Crippen LogP contribution < -0.4 is 27.8 Å². The highest BCUT2D eigenvalue weighted by molar-refractivity contribution is 5.13. The Hall–Kier alpha value is -1.30. The van der Waals surface area contributed by atoms with E-state index in [-0.39, 0.29) is 31.8 Å². The molecule has 0 aromatic rings. The van der Waals surface area contributed by atoms with E-state index in [9.17, 15) is 46.0 Å². The van der Waals surface area contributed by atoms with Crippen LogP contribution in [-0.4, -0.2) is 170 Å². The van der Waals surface area contributed by atoms with Crippen molar-refractivity contribution in [2.75, 3.05) is 32.8 Å². The van der Waals surface area contributed by atoms with Gasteiger partial charge in [0, 0.05) is 37.6 Å². The van der Waals surface area contributed by atoms with Gasteiger partial charge >= 0.3 is 0 Å². The molecule has 0 amide bonds. The van der Waals surface area contributed by atoms with Crippen molar-refractivity contribution >= 4 is 0 Å². The fourth-order valence-electron chi connectivity index (χ4n) is 5.37. The van der Waals surface area contributed by atoms with Gasteiger partial charge in [0.05, 0.1) is 36.7 Å². The van der Waals surface area contributed by atoms with Crippen molar-refractivity contribution in [3.05, 3.63) is 11.5 Å². The van der Waals surface area contributed by atoms with Gasteiger partial charge in [0.2, 0.25) is 0 Å². The standard InChI is InChI=1S/C23H45N5O13/c24-2-10(31)22(38)28-9-1-8(25)13(16(34)20(9)41-23-17(35)14(26)11(32)6-39-23)21-19(37)18(36)15(33)12(40-21)4-27-3-7(30)5-29/h7-10,12-13,15-23,27-38H,1-6,24-26H2/t7?,8-,9+,10-,12+,13?,15+,16-,17+,18-,19+,20-,21+,22?,23+/m0/s1. The normalized spacial score (nSPS) is 42.6. The quantitative estimate of drug-likeness (QED) is 0.0925. The van der Waals surface area contributed by atoms with Gasteiger partial charge < -0.3 is 87.8 Å². The molecule has 18 nitrogen and oxygen atoms in total. The summed E-state index contributed by atoms with van der Waals surface area (Å²) in [7, 11) is 0. The summed E-state index contributed by atoms with van der Waals surface area (Å²) in [4.78, 5) is 0. The van der Waals surface area contributed by atoms with Gasteiger partial charge in [0.25, 0.3) is 0 Å². The van der Waals surface area contributed by atoms with Crippen molar-refractivity contribution in [3.63, 3.8) is 0 Å². The number of rotatable bonds is 12. The van der Waals surface area contributed by atoms with E-state index in [1.165, 1.54) is 0 Å². The first-order valence-corrected chi connectivity index (χ1v) is 13.4. The van der Waals surface area contributed by atoms with Crippen LogP contribution in [0.1, 0.15) is 6.42 Å². The van der Waals surface area contributed by atoms with E-state index in [2.05, 4.69) is 10.6 Å². The highest BCUT2D eigenvalue weighted by Crippen LogP contribution is 2.37. The molecule has 15 atom stereocenters. The lowest BCUT2D eigenvalue weighted by molar-refractivity contribution is -0.275. The monoisotopic (exact) mass is 599 g/mol. The molecule has 1 aliphatic carbocycles. The number of aliphatic hydroxyl groups is 10. The lowest BCUT2D eigenvalue weighted by Gasteiger charge is -2.51. The largest absolute Gasteiger partial charge is 0.508 e. The van der Waals surface area contributed by atoms with Gasteiger partial charge in [-0.2, -0.15) is 0 Å². The van der Waals surface area contributed by atoms with Crippen LogP contribution in [0, 0.1) is 5.92 Å². The summed E-state index contributed by atoms with van der Waals surface area (Å²) in [5.41, 5.74) is 17.2. The first-order valence-electron chi connectivity index (χ1n) is 13.4. The van der Waals surface area contributed by atoms with Crippen LogP contribution in [0.5, 0.6) is 0 Å². The van der Waals surface area contributed by atoms with Gasteiger partial charge in [-0.3, -0.25) is 5.32 Å². The Bertz CT molecular complexity index is 861. The second-order valence-electron chi connectivity index (χ2n) is 10.7. The third kappa shape index (κ3) is 7.81. The molecule has 0 spiro atoms. The zero-order chi connectivity index (χ0) is 30.6. The Balaban J connectivity index is 1.85. The van der Waals surface area contributed by atoms with Gasteiger partial charge in [-0.15, -0.1) is 0 Å². The Morgan fingerprint density at radius 1 is 1.02 bits per heavy atom. The number of hydrogen-bond donors (Lipinski definition) is 15. The van der Waals surface area contributed by atoms with E-state index in [0.29, 0.717) is 0 Å². The lowest BCUT2D eigenvalue weighted by Crippen LogP contribution is -2.70. The highest BCUT2D eigenvalue weighted by Gasteiger charge is 2.55. The van der Waals surface area contributed by atoms with Gasteiger partial charge in [-0.25, -0.2) is 0 Å². The van der Waals surface area contributed by atoms with Crippen LogP contribution in [0.2, 0.25) is 0 Å². The van der Waals surface area contributed by atoms with Crippen molar-refractivity contribution in [3.8, 4) is 0 Å². The maximum absolute atomic E-state index is 11.5.